The van der Waals surface area contributed by atoms with Crippen LogP contribution in [0.2, 0.25) is 0 Å². The van der Waals surface area contributed by atoms with E-state index in [0.29, 0.717) is 41.3 Å². The van der Waals surface area contributed by atoms with Crippen LogP contribution in [0.15, 0.2) is 53.3 Å². The van der Waals surface area contributed by atoms with Crippen LogP contribution >= 0.6 is 0 Å². The van der Waals surface area contributed by atoms with Gasteiger partial charge in [-0.05, 0) is 67.7 Å². The van der Waals surface area contributed by atoms with Gasteiger partial charge in [0.2, 0.25) is 5.91 Å². The molecule has 1 aliphatic carbocycles. The summed E-state index contributed by atoms with van der Waals surface area (Å²) in [5.74, 6) is 2.91. The van der Waals surface area contributed by atoms with Gasteiger partial charge in [0.25, 0.3) is 5.56 Å². The zero-order valence-electron chi connectivity index (χ0n) is 22.0. The normalized spacial score (nSPS) is 16.2. The number of aromatic amines is 1. The first kappa shape index (κ1) is 25.9. The molecule has 5 rings (SSSR count). The number of nitrogens with one attached hydrogen (secondary N) is 1. The quantitative estimate of drug-likeness (QED) is 0.428. The summed E-state index contributed by atoms with van der Waals surface area (Å²) >= 11 is 0. The third-order valence-electron chi connectivity index (χ3n) is 7.81. The topological polar surface area (TPSA) is 97.4 Å². The molecular weight excluding hydrogens is 480 g/mol. The highest BCUT2D eigenvalue weighted by molar-refractivity contribution is 5.76. The number of benzene rings is 2. The van der Waals surface area contributed by atoms with Crippen LogP contribution in [0.3, 0.4) is 0 Å². The molecule has 1 saturated carbocycles. The highest BCUT2D eigenvalue weighted by atomic mass is 16.5. The first-order valence-electron chi connectivity index (χ1n) is 13.7. The summed E-state index contributed by atoms with van der Waals surface area (Å²) < 4.78 is 11.4. The molecule has 0 unspecified atom stereocenters. The van der Waals surface area contributed by atoms with E-state index in [9.17, 15) is 9.59 Å². The second-order valence-corrected chi connectivity index (χ2v) is 10.4. The Morgan fingerprint density at radius 2 is 1.79 bits per heavy atom. The number of carbonyl (C=O) groups is 1. The Balaban J connectivity index is 1.13. The summed E-state index contributed by atoms with van der Waals surface area (Å²) in [6, 6.07) is 16.0. The molecule has 3 aromatic rings. The van der Waals surface area contributed by atoms with E-state index in [1.807, 2.05) is 23.1 Å². The van der Waals surface area contributed by atoms with Crippen LogP contribution in [0.25, 0.3) is 11.4 Å². The van der Waals surface area contributed by atoms with Crippen LogP contribution in [0.4, 0.5) is 0 Å². The van der Waals surface area contributed by atoms with Gasteiger partial charge in [-0.3, -0.25) is 9.59 Å². The predicted molar refractivity (Wildman–Crippen MR) is 145 cm³/mol. The molecule has 0 atom stereocenters. The maximum atomic E-state index is 12.8. The van der Waals surface area contributed by atoms with Crippen molar-refractivity contribution in [3.05, 3.63) is 70.1 Å². The van der Waals surface area contributed by atoms with Crippen LogP contribution in [-0.4, -0.2) is 52.8 Å². The van der Waals surface area contributed by atoms with Gasteiger partial charge in [-0.2, -0.15) is 0 Å². The maximum Gasteiger partial charge on any atom is 0.273 e. The number of H-pyrrole nitrogens is 1. The molecule has 1 amide bonds. The van der Waals surface area contributed by atoms with E-state index >= 15 is 0 Å². The molecular formula is C30H36N4O4. The number of carbonyl (C=O) groups excluding carboxylic acids is 1. The summed E-state index contributed by atoms with van der Waals surface area (Å²) in [4.78, 5) is 30.2. The van der Waals surface area contributed by atoms with E-state index in [-0.39, 0.29) is 30.0 Å². The summed E-state index contributed by atoms with van der Waals surface area (Å²) in [7, 11) is 1.59. The van der Waals surface area contributed by atoms with E-state index in [1.54, 1.807) is 13.2 Å². The molecule has 0 bridgehead atoms. The number of aromatic nitrogens is 3. The third-order valence-corrected chi connectivity index (χ3v) is 7.81. The molecule has 38 heavy (non-hydrogen) atoms. The van der Waals surface area contributed by atoms with Gasteiger partial charge >= 0.3 is 0 Å². The second kappa shape index (κ2) is 12.2. The minimum Gasteiger partial charge on any atom is -0.493 e. The highest BCUT2D eigenvalue weighted by Crippen LogP contribution is 2.33. The van der Waals surface area contributed by atoms with E-state index in [0.717, 1.165) is 32.4 Å². The molecule has 1 N–H and O–H groups in total. The molecule has 1 aromatic heterocycles. The maximum absolute atomic E-state index is 12.8. The van der Waals surface area contributed by atoms with Crippen molar-refractivity contribution in [1.29, 1.82) is 0 Å². The van der Waals surface area contributed by atoms with Crippen molar-refractivity contribution in [3.63, 3.8) is 0 Å². The minimum atomic E-state index is -0.325. The van der Waals surface area contributed by atoms with Crippen molar-refractivity contribution in [2.45, 2.75) is 51.4 Å². The van der Waals surface area contributed by atoms with Crippen LogP contribution in [-0.2, 0) is 17.6 Å². The van der Waals surface area contributed by atoms with Gasteiger partial charge in [0.1, 0.15) is 5.69 Å². The molecule has 2 heterocycles. The largest absolute Gasteiger partial charge is 0.493 e. The Labute approximate surface area is 223 Å². The highest BCUT2D eigenvalue weighted by Gasteiger charge is 2.23. The molecule has 1 saturated heterocycles. The Bertz CT molecular complexity index is 1280. The Kier molecular flexibility index (Phi) is 8.36. The molecule has 2 aliphatic rings. The van der Waals surface area contributed by atoms with Gasteiger partial charge < -0.3 is 19.4 Å². The van der Waals surface area contributed by atoms with Crippen molar-refractivity contribution in [2.75, 3.05) is 26.8 Å². The molecule has 0 radical (unpaired) electrons. The average molecular weight is 517 g/mol. The number of nitrogens with zero attached hydrogens (tertiary/aromatic N) is 3. The van der Waals surface area contributed by atoms with Crippen LogP contribution in [0.1, 0.15) is 49.8 Å². The first-order chi connectivity index (χ1) is 18.6. The molecule has 1 aliphatic heterocycles. The van der Waals surface area contributed by atoms with E-state index in [1.165, 1.54) is 24.8 Å². The number of piperidine rings is 1. The molecule has 8 heteroatoms. The fourth-order valence-corrected chi connectivity index (χ4v) is 5.17. The van der Waals surface area contributed by atoms with E-state index < -0.39 is 0 Å². The number of amides is 1. The van der Waals surface area contributed by atoms with Gasteiger partial charge in [0.05, 0.1) is 13.7 Å². The lowest BCUT2D eigenvalue weighted by Gasteiger charge is -2.32. The number of hydrogen-bond donors (Lipinski definition) is 1. The first-order valence-corrected chi connectivity index (χ1v) is 13.7. The van der Waals surface area contributed by atoms with Gasteiger partial charge in [-0.15, -0.1) is 10.2 Å². The monoisotopic (exact) mass is 516 g/mol. The minimum absolute atomic E-state index is 0.0654. The molecule has 2 aromatic carbocycles. The summed E-state index contributed by atoms with van der Waals surface area (Å²) in [5.41, 5.74) is 1.98. The molecule has 0 spiro atoms. The number of rotatable bonds is 10. The van der Waals surface area contributed by atoms with Gasteiger partial charge in [-0.25, -0.2) is 0 Å². The Morgan fingerprint density at radius 3 is 2.47 bits per heavy atom. The van der Waals surface area contributed by atoms with Gasteiger partial charge in [-0.1, -0.05) is 36.8 Å². The lowest BCUT2D eigenvalue weighted by atomic mass is 9.86. The molecule has 200 valence electrons. The van der Waals surface area contributed by atoms with Crippen molar-refractivity contribution < 1.29 is 14.3 Å². The van der Waals surface area contributed by atoms with Crippen LogP contribution < -0.4 is 15.0 Å². The average Bonchev–Trinajstić information content (AvgIpc) is 2.92. The van der Waals surface area contributed by atoms with Crippen molar-refractivity contribution >= 4 is 5.91 Å². The zero-order chi connectivity index (χ0) is 26.3. The number of hydrogen-bond acceptors (Lipinski definition) is 6. The van der Waals surface area contributed by atoms with Crippen LogP contribution in [0.5, 0.6) is 11.5 Å². The van der Waals surface area contributed by atoms with Gasteiger partial charge in [0.15, 0.2) is 17.3 Å². The predicted octanol–water partition coefficient (Wildman–Crippen LogP) is 4.43. The van der Waals surface area contributed by atoms with Crippen molar-refractivity contribution in [2.24, 2.45) is 11.8 Å². The summed E-state index contributed by atoms with van der Waals surface area (Å²) in [6.45, 7) is 2.21. The lowest BCUT2D eigenvalue weighted by Crippen LogP contribution is -2.39. The number of likely N-dealkylation sites (tertiary alicyclic amines) is 1. The molecule has 2 fully saturated rings. The molecule has 8 nitrogen and oxygen atoms in total. The number of methoxy groups -OCH3 is 1. The Morgan fingerprint density at radius 1 is 1.00 bits per heavy atom. The second-order valence-electron chi connectivity index (χ2n) is 10.4. The van der Waals surface area contributed by atoms with E-state index in [2.05, 4.69) is 39.4 Å². The Hall–Kier alpha value is -3.68. The van der Waals surface area contributed by atoms with Crippen molar-refractivity contribution in [1.82, 2.24) is 20.1 Å². The number of aryl methyl sites for hydroxylation is 1. The SMILES string of the molecule is COc1cc(-c2nnc(CCC(=O)N3CCC(Cc4ccccc4)CC3)c(=O)[nH]2)ccc1OCC1CCC1. The fraction of sp³-hybridized carbons (Fsp3) is 0.467. The van der Waals surface area contributed by atoms with E-state index in [4.69, 9.17) is 9.47 Å². The van der Waals surface area contributed by atoms with Crippen molar-refractivity contribution in [3.8, 4) is 22.9 Å². The zero-order valence-corrected chi connectivity index (χ0v) is 22.0. The fourth-order valence-electron chi connectivity index (χ4n) is 5.17. The third kappa shape index (κ3) is 6.41. The smallest absolute Gasteiger partial charge is 0.273 e. The van der Waals surface area contributed by atoms with Crippen LogP contribution in [0, 0.1) is 11.8 Å². The number of ether oxygens (including phenoxy) is 2. The standard InChI is InChI=1S/C30H36N4O4/c1-37-27-19-24(10-12-26(27)38-20-23-8-5-9-23)29-31-30(36)25(32-33-29)11-13-28(35)34-16-14-22(15-17-34)18-21-6-3-2-4-7-21/h2-4,6-7,10,12,19,22-23H,5,8-9,11,13-18,20H2,1H3,(H,31,33,36). The lowest BCUT2D eigenvalue weighted by molar-refractivity contribution is -0.132. The summed E-state index contributed by atoms with van der Waals surface area (Å²) in [6.07, 6.45) is 7.28. The summed E-state index contributed by atoms with van der Waals surface area (Å²) in [5, 5.41) is 8.38. The van der Waals surface area contributed by atoms with Gasteiger partial charge in [0, 0.05) is 31.5 Å².